The Morgan fingerprint density at radius 1 is 1.39 bits per heavy atom. The quantitative estimate of drug-likeness (QED) is 0.936. The lowest BCUT2D eigenvalue weighted by Gasteiger charge is -2.07. The van der Waals surface area contributed by atoms with Gasteiger partial charge in [-0.25, -0.2) is 4.68 Å². The number of nitrogens with zero attached hydrogens (tertiary/aromatic N) is 2. The number of hydrogen-bond donors (Lipinski definition) is 1. The van der Waals surface area contributed by atoms with Crippen LogP contribution in [0.2, 0.25) is 0 Å². The van der Waals surface area contributed by atoms with Crippen molar-refractivity contribution < 1.29 is 4.74 Å². The van der Waals surface area contributed by atoms with E-state index in [1.54, 1.807) is 7.11 Å². The highest BCUT2D eigenvalue weighted by Gasteiger charge is 2.06. The minimum Gasteiger partial charge on any atom is -0.497 e. The third kappa shape index (κ3) is 2.53. The monoisotopic (exact) mass is 309 g/mol. The number of hydrogen-bond acceptors (Lipinski definition) is 4. The summed E-state index contributed by atoms with van der Waals surface area (Å²) in [6, 6.07) is 7.43. The van der Waals surface area contributed by atoms with Crippen LogP contribution in [0.15, 0.2) is 39.7 Å². The molecular formula is C12H12BrN3O2. The number of methoxy groups -OCH3 is 1. The van der Waals surface area contributed by atoms with Crippen LogP contribution < -0.4 is 16.0 Å². The number of nitrogen functional groups attached to an aromatic ring is 1. The summed E-state index contributed by atoms with van der Waals surface area (Å²) in [5, 5.41) is 4.02. The predicted molar refractivity (Wildman–Crippen MR) is 72.7 cm³/mol. The minimum atomic E-state index is -0.305. The fourth-order valence-corrected chi connectivity index (χ4v) is 1.76. The first-order valence-electron chi connectivity index (χ1n) is 5.26. The van der Waals surface area contributed by atoms with Gasteiger partial charge in [0.15, 0.2) is 0 Å². The van der Waals surface area contributed by atoms with Crippen molar-refractivity contribution in [1.29, 1.82) is 0 Å². The van der Waals surface area contributed by atoms with E-state index in [0.717, 1.165) is 11.3 Å². The summed E-state index contributed by atoms with van der Waals surface area (Å²) in [6.07, 6.45) is 1.51. The zero-order valence-corrected chi connectivity index (χ0v) is 11.3. The molecule has 0 saturated carbocycles. The van der Waals surface area contributed by atoms with Gasteiger partial charge in [0.05, 0.1) is 24.3 Å². The van der Waals surface area contributed by atoms with Crippen molar-refractivity contribution in [3.8, 4) is 5.75 Å². The van der Waals surface area contributed by atoms with Crippen molar-refractivity contribution >= 4 is 21.6 Å². The first-order valence-corrected chi connectivity index (χ1v) is 6.05. The Labute approximate surface area is 112 Å². The molecule has 6 heteroatoms. The summed E-state index contributed by atoms with van der Waals surface area (Å²) in [7, 11) is 1.61. The largest absolute Gasteiger partial charge is 0.497 e. The number of rotatable bonds is 3. The van der Waals surface area contributed by atoms with Gasteiger partial charge in [0, 0.05) is 0 Å². The number of benzene rings is 1. The van der Waals surface area contributed by atoms with Gasteiger partial charge in [-0.05, 0) is 33.6 Å². The van der Waals surface area contributed by atoms with Gasteiger partial charge in [0.25, 0.3) is 5.56 Å². The SMILES string of the molecule is COc1ccc(Cn2ncc(Br)c(N)c2=O)cc1. The molecule has 0 aliphatic heterocycles. The van der Waals surface area contributed by atoms with Crippen molar-refractivity contribution in [3.63, 3.8) is 0 Å². The highest BCUT2D eigenvalue weighted by molar-refractivity contribution is 9.10. The zero-order valence-electron chi connectivity index (χ0n) is 9.76. The minimum absolute atomic E-state index is 0.165. The van der Waals surface area contributed by atoms with Crippen molar-refractivity contribution in [1.82, 2.24) is 9.78 Å². The van der Waals surface area contributed by atoms with Crippen LogP contribution in [0, 0.1) is 0 Å². The maximum absolute atomic E-state index is 11.8. The molecule has 0 unspecified atom stereocenters. The summed E-state index contributed by atoms with van der Waals surface area (Å²) >= 11 is 3.17. The summed E-state index contributed by atoms with van der Waals surface area (Å²) in [6.45, 7) is 0.375. The maximum atomic E-state index is 11.8. The third-order valence-electron chi connectivity index (χ3n) is 2.52. The second kappa shape index (κ2) is 5.22. The van der Waals surface area contributed by atoms with Crippen LogP contribution in [-0.2, 0) is 6.54 Å². The Hall–Kier alpha value is -1.82. The lowest BCUT2D eigenvalue weighted by atomic mass is 10.2. The molecule has 0 bridgehead atoms. The van der Waals surface area contributed by atoms with Gasteiger partial charge in [0.1, 0.15) is 11.4 Å². The smallest absolute Gasteiger partial charge is 0.291 e. The second-order valence-corrected chi connectivity index (χ2v) is 4.57. The van der Waals surface area contributed by atoms with Gasteiger partial charge in [-0.2, -0.15) is 5.10 Å². The van der Waals surface area contributed by atoms with Crippen molar-refractivity contribution in [2.45, 2.75) is 6.54 Å². The Kier molecular flexibility index (Phi) is 3.66. The average Bonchev–Trinajstić information content (AvgIpc) is 2.40. The normalized spacial score (nSPS) is 10.3. The fourth-order valence-electron chi connectivity index (χ4n) is 1.50. The van der Waals surface area contributed by atoms with E-state index < -0.39 is 0 Å². The van der Waals surface area contributed by atoms with Crippen LogP contribution >= 0.6 is 15.9 Å². The number of aromatic nitrogens is 2. The standard InChI is InChI=1S/C12H12BrN3O2/c1-18-9-4-2-8(3-5-9)7-16-12(17)11(14)10(13)6-15-16/h2-6H,7,14H2,1H3. The highest BCUT2D eigenvalue weighted by atomic mass is 79.9. The van der Waals surface area contributed by atoms with Gasteiger partial charge >= 0.3 is 0 Å². The summed E-state index contributed by atoms with van der Waals surface area (Å²) in [4.78, 5) is 11.8. The van der Waals surface area contributed by atoms with E-state index in [1.807, 2.05) is 24.3 Å². The Morgan fingerprint density at radius 2 is 2.06 bits per heavy atom. The molecule has 0 atom stereocenters. The topological polar surface area (TPSA) is 70.1 Å². The van der Waals surface area contributed by atoms with Gasteiger partial charge in [-0.15, -0.1) is 0 Å². The fraction of sp³-hybridized carbons (Fsp3) is 0.167. The molecule has 2 aromatic rings. The van der Waals surface area contributed by atoms with Gasteiger partial charge in [0.2, 0.25) is 0 Å². The Morgan fingerprint density at radius 3 is 2.67 bits per heavy atom. The molecule has 0 fully saturated rings. The molecule has 94 valence electrons. The second-order valence-electron chi connectivity index (χ2n) is 3.72. The highest BCUT2D eigenvalue weighted by Crippen LogP contribution is 2.14. The third-order valence-corrected chi connectivity index (χ3v) is 3.16. The molecule has 0 radical (unpaired) electrons. The van der Waals surface area contributed by atoms with Gasteiger partial charge in [-0.3, -0.25) is 4.79 Å². The van der Waals surface area contributed by atoms with Gasteiger partial charge in [-0.1, -0.05) is 12.1 Å². The van der Waals surface area contributed by atoms with E-state index in [2.05, 4.69) is 21.0 Å². The number of halogens is 1. The van der Waals surface area contributed by atoms with Crippen LogP contribution in [0.1, 0.15) is 5.56 Å². The molecule has 0 aliphatic rings. The van der Waals surface area contributed by atoms with E-state index in [0.29, 0.717) is 11.0 Å². The predicted octanol–water partition coefficient (Wildman–Crippen LogP) is 1.64. The molecule has 1 aromatic heterocycles. The zero-order chi connectivity index (χ0) is 13.1. The first kappa shape index (κ1) is 12.6. The molecule has 1 heterocycles. The summed E-state index contributed by atoms with van der Waals surface area (Å²) in [5.74, 6) is 0.773. The maximum Gasteiger partial charge on any atom is 0.291 e. The Balaban J connectivity index is 2.28. The van der Waals surface area contributed by atoms with Crippen LogP contribution in [0.25, 0.3) is 0 Å². The van der Waals surface area contributed by atoms with E-state index >= 15 is 0 Å². The summed E-state index contributed by atoms with van der Waals surface area (Å²) in [5.41, 5.74) is 6.45. The van der Waals surface area contributed by atoms with Gasteiger partial charge < -0.3 is 10.5 Å². The van der Waals surface area contributed by atoms with Crippen LogP contribution in [0.3, 0.4) is 0 Å². The van der Waals surface area contributed by atoms with Crippen molar-refractivity contribution in [3.05, 3.63) is 50.9 Å². The van der Waals surface area contributed by atoms with Crippen LogP contribution in [0.5, 0.6) is 5.75 Å². The number of anilines is 1. The molecule has 2 N–H and O–H groups in total. The van der Waals surface area contributed by atoms with Crippen LogP contribution in [0.4, 0.5) is 5.69 Å². The molecule has 0 aliphatic carbocycles. The van der Waals surface area contributed by atoms with E-state index in [-0.39, 0.29) is 11.2 Å². The molecular weight excluding hydrogens is 298 g/mol. The summed E-state index contributed by atoms with van der Waals surface area (Å²) < 4.78 is 6.90. The number of nitrogens with two attached hydrogens (primary N) is 1. The van der Waals surface area contributed by atoms with E-state index in [1.165, 1.54) is 10.9 Å². The molecule has 0 amide bonds. The molecule has 5 nitrogen and oxygen atoms in total. The first-order chi connectivity index (χ1) is 8.61. The van der Waals surface area contributed by atoms with Crippen molar-refractivity contribution in [2.24, 2.45) is 0 Å². The molecule has 18 heavy (non-hydrogen) atoms. The lowest BCUT2D eigenvalue weighted by molar-refractivity contribution is 0.414. The lowest BCUT2D eigenvalue weighted by Crippen LogP contribution is -2.25. The van der Waals surface area contributed by atoms with E-state index in [4.69, 9.17) is 10.5 Å². The van der Waals surface area contributed by atoms with Crippen LogP contribution in [-0.4, -0.2) is 16.9 Å². The average molecular weight is 310 g/mol. The number of ether oxygens (including phenoxy) is 1. The Bertz CT molecular complexity index is 608. The molecule has 0 saturated heterocycles. The molecule has 1 aromatic carbocycles. The van der Waals surface area contributed by atoms with E-state index in [9.17, 15) is 4.79 Å². The van der Waals surface area contributed by atoms with Crippen molar-refractivity contribution in [2.75, 3.05) is 12.8 Å². The molecule has 2 rings (SSSR count). The molecule has 0 spiro atoms.